The molecule has 198 valence electrons. The lowest BCUT2D eigenvalue weighted by molar-refractivity contribution is 1.49. The highest BCUT2D eigenvalue weighted by Gasteiger charge is 2.18. The highest BCUT2D eigenvalue weighted by atomic mass is 14.2. The van der Waals surface area contributed by atoms with E-state index in [9.17, 15) is 0 Å². The number of rotatable bonds is 3. The van der Waals surface area contributed by atoms with Gasteiger partial charge in [-0.2, -0.15) is 0 Å². The number of fused-ring (bicyclic) bond motifs is 4. The van der Waals surface area contributed by atoms with Gasteiger partial charge in [-0.25, -0.2) is 0 Å². The summed E-state index contributed by atoms with van der Waals surface area (Å²) >= 11 is 0. The normalized spacial score (nSPS) is 11.6. The van der Waals surface area contributed by atoms with Gasteiger partial charge >= 0.3 is 0 Å². The number of aryl methyl sites for hydroxylation is 2. The highest BCUT2D eigenvalue weighted by Crippen LogP contribution is 2.45. The first-order chi connectivity index (χ1) is 20.6. The summed E-state index contributed by atoms with van der Waals surface area (Å²) in [4.78, 5) is 0. The molecule has 0 aliphatic carbocycles. The van der Waals surface area contributed by atoms with Gasteiger partial charge in [-0.3, -0.25) is 0 Å². The molecule has 0 amide bonds. The summed E-state index contributed by atoms with van der Waals surface area (Å²) in [6, 6.07) is 53.9. The van der Waals surface area contributed by atoms with E-state index in [1.807, 2.05) is 0 Å². The van der Waals surface area contributed by atoms with Crippen molar-refractivity contribution in [3.05, 3.63) is 157 Å². The highest BCUT2D eigenvalue weighted by molar-refractivity contribution is 6.22. The molecule has 8 rings (SSSR count). The molecule has 0 saturated heterocycles. The van der Waals surface area contributed by atoms with Gasteiger partial charge in [-0.05, 0) is 102 Å². The molecule has 0 saturated carbocycles. The van der Waals surface area contributed by atoms with Gasteiger partial charge in [-0.15, -0.1) is 0 Å². The lowest BCUT2D eigenvalue weighted by Crippen LogP contribution is -1.93. The molecule has 0 nitrogen and oxygen atoms in total. The summed E-state index contributed by atoms with van der Waals surface area (Å²) in [5.74, 6) is 0. The standard InChI is InChI=1S/C42H30/c1-27-18-22-38-39(23-27)41(33-14-7-13-32(26-33)36-16-8-12-30-10-5-6-15-35(30)36)37-21-17-28(2)24-40(37)42(38)34-20-19-29-9-3-4-11-31(29)25-34/h3-26H,1-2H3. The average Bonchev–Trinajstić information content (AvgIpc) is 3.03. The monoisotopic (exact) mass is 534 g/mol. The minimum absolute atomic E-state index is 1.24. The summed E-state index contributed by atoms with van der Waals surface area (Å²) in [5, 5.41) is 10.3. The van der Waals surface area contributed by atoms with Crippen molar-refractivity contribution in [2.75, 3.05) is 0 Å². The third-order valence-electron chi connectivity index (χ3n) is 8.72. The Labute approximate surface area is 246 Å². The molecule has 0 aliphatic heterocycles. The Morgan fingerprint density at radius 1 is 0.310 bits per heavy atom. The topological polar surface area (TPSA) is 0 Å². The molecule has 0 aromatic heterocycles. The molecule has 0 unspecified atom stereocenters. The Morgan fingerprint density at radius 3 is 1.62 bits per heavy atom. The van der Waals surface area contributed by atoms with Crippen molar-refractivity contribution >= 4 is 43.1 Å². The second kappa shape index (κ2) is 9.72. The van der Waals surface area contributed by atoms with Gasteiger partial charge in [0.2, 0.25) is 0 Å². The first kappa shape index (κ1) is 24.6. The van der Waals surface area contributed by atoms with Gasteiger partial charge in [-0.1, -0.05) is 145 Å². The second-order valence-electron chi connectivity index (χ2n) is 11.5. The average molecular weight is 535 g/mol. The van der Waals surface area contributed by atoms with Crippen LogP contribution in [0.1, 0.15) is 11.1 Å². The Hall–Kier alpha value is -5.20. The van der Waals surface area contributed by atoms with Gasteiger partial charge in [0, 0.05) is 0 Å². The molecular formula is C42H30. The minimum atomic E-state index is 1.24. The van der Waals surface area contributed by atoms with Crippen molar-refractivity contribution in [1.29, 1.82) is 0 Å². The van der Waals surface area contributed by atoms with E-state index in [1.165, 1.54) is 87.6 Å². The first-order valence-electron chi connectivity index (χ1n) is 14.7. The smallest absolute Gasteiger partial charge is 0.00260 e. The Balaban J connectivity index is 1.45. The van der Waals surface area contributed by atoms with E-state index >= 15 is 0 Å². The lowest BCUT2D eigenvalue weighted by Gasteiger charge is -2.19. The van der Waals surface area contributed by atoms with Crippen molar-refractivity contribution in [3.8, 4) is 33.4 Å². The quantitative estimate of drug-likeness (QED) is 0.198. The third kappa shape index (κ3) is 3.99. The van der Waals surface area contributed by atoms with Crippen LogP contribution in [0.15, 0.2) is 146 Å². The third-order valence-corrected chi connectivity index (χ3v) is 8.72. The molecule has 0 aliphatic rings. The molecule has 8 aromatic carbocycles. The van der Waals surface area contributed by atoms with Crippen molar-refractivity contribution in [3.63, 3.8) is 0 Å². The molecular weight excluding hydrogens is 504 g/mol. The lowest BCUT2D eigenvalue weighted by atomic mass is 9.84. The predicted molar refractivity (Wildman–Crippen MR) is 182 cm³/mol. The number of benzene rings is 8. The van der Waals surface area contributed by atoms with Crippen LogP contribution in [0.4, 0.5) is 0 Å². The van der Waals surface area contributed by atoms with Crippen LogP contribution in [0.2, 0.25) is 0 Å². The minimum Gasteiger partial charge on any atom is -0.0616 e. The fourth-order valence-corrected chi connectivity index (χ4v) is 6.74. The molecule has 0 fully saturated rings. The molecule has 0 heterocycles. The van der Waals surface area contributed by atoms with E-state index in [0.717, 1.165) is 0 Å². The molecule has 0 atom stereocenters. The maximum atomic E-state index is 2.38. The van der Waals surface area contributed by atoms with Crippen LogP contribution in [0, 0.1) is 13.8 Å². The molecule has 0 spiro atoms. The van der Waals surface area contributed by atoms with Crippen molar-refractivity contribution in [1.82, 2.24) is 0 Å². The zero-order chi connectivity index (χ0) is 28.2. The molecule has 42 heavy (non-hydrogen) atoms. The molecule has 8 aromatic rings. The van der Waals surface area contributed by atoms with E-state index in [0.29, 0.717) is 0 Å². The van der Waals surface area contributed by atoms with Crippen molar-refractivity contribution < 1.29 is 0 Å². The maximum Gasteiger partial charge on any atom is -0.00260 e. The summed E-state index contributed by atoms with van der Waals surface area (Å²) < 4.78 is 0. The van der Waals surface area contributed by atoms with E-state index in [-0.39, 0.29) is 0 Å². The van der Waals surface area contributed by atoms with Crippen LogP contribution < -0.4 is 0 Å². The van der Waals surface area contributed by atoms with Crippen molar-refractivity contribution in [2.45, 2.75) is 13.8 Å². The summed E-state index contributed by atoms with van der Waals surface area (Å²) in [7, 11) is 0. The Bertz CT molecular complexity index is 2310. The maximum absolute atomic E-state index is 2.38. The van der Waals surface area contributed by atoms with Crippen LogP contribution in [-0.2, 0) is 0 Å². The van der Waals surface area contributed by atoms with E-state index in [1.54, 1.807) is 0 Å². The fraction of sp³-hybridized carbons (Fsp3) is 0.0476. The second-order valence-corrected chi connectivity index (χ2v) is 11.5. The Morgan fingerprint density at radius 2 is 0.881 bits per heavy atom. The summed E-state index contributed by atoms with van der Waals surface area (Å²) in [5.41, 5.74) is 10.2. The molecule has 0 heteroatoms. The van der Waals surface area contributed by atoms with Gasteiger partial charge in [0.05, 0.1) is 0 Å². The van der Waals surface area contributed by atoms with Gasteiger partial charge in [0.25, 0.3) is 0 Å². The Kier molecular flexibility index (Phi) is 5.69. The predicted octanol–water partition coefficient (Wildman–Crippen LogP) is 11.9. The van der Waals surface area contributed by atoms with Crippen LogP contribution in [0.3, 0.4) is 0 Å². The fourth-order valence-electron chi connectivity index (χ4n) is 6.74. The largest absolute Gasteiger partial charge is 0.0616 e. The summed E-state index contributed by atoms with van der Waals surface area (Å²) in [6.45, 7) is 4.40. The molecule has 0 radical (unpaired) electrons. The molecule has 0 N–H and O–H groups in total. The first-order valence-corrected chi connectivity index (χ1v) is 14.7. The zero-order valence-corrected chi connectivity index (χ0v) is 23.9. The van der Waals surface area contributed by atoms with E-state index in [2.05, 4.69) is 159 Å². The number of hydrogen-bond acceptors (Lipinski definition) is 0. The van der Waals surface area contributed by atoms with Crippen LogP contribution >= 0.6 is 0 Å². The van der Waals surface area contributed by atoms with Gasteiger partial charge in [0.15, 0.2) is 0 Å². The van der Waals surface area contributed by atoms with Crippen LogP contribution in [0.5, 0.6) is 0 Å². The zero-order valence-electron chi connectivity index (χ0n) is 23.9. The van der Waals surface area contributed by atoms with Crippen LogP contribution in [0.25, 0.3) is 76.5 Å². The van der Waals surface area contributed by atoms with Gasteiger partial charge < -0.3 is 0 Å². The van der Waals surface area contributed by atoms with E-state index in [4.69, 9.17) is 0 Å². The van der Waals surface area contributed by atoms with Gasteiger partial charge in [0.1, 0.15) is 0 Å². The van der Waals surface area contributed by atoms with E-state index < -0.39 is 0 Å². The summed E-state index contributed by atoms with van der Waals surface area (Å²) in [6.07, 6.45) is 0. The van der Waals surface area contributed by atoms with Crippen LogP contribution in [-0.4, -0.2) is 0 Å². The van der Waals surface area contributed by atoms with Crippen molar-refractivity contribution in [2.24, 2.45) is 0 Å². The number of hydrogen-bond donors (Lipinski definition) is 0. The SMILES string of the molecule is Cc1ccc2c(-c3ccc4ccccc4c3)c3cc(C)ccc3c(-c3cccc(-c4cccc5ccccc45)c3)c2c1. The molecule has 0 bridgehead atoms.